The summed E-state index contributed by atoms with van der Waals surface area (Å²) in [5.74, 6) is 0.617. The molecule has 3 aromatic rings. The summed E-state index contributed by atoms with van der Waals surface area (Å²) in [6, 6.07) is 10.8. The Kier molecular flexibility index (Phi) is 11.4. The zero-order valence-electron chi connectivity index (χ0n) is 19.9. The van der Waals surface area contributed by atoms with Crippen LogP contribution in [0.15, 0.2) is 54.2 Å². The van der Waals surface area contributed by atoms with Crippen LogP contribution in [0.5, 0.6) is 5.75 Å². The lowest BCUT2D eigenvalue weighted by Gasteiger charge is -2.35. The molecular weight excluding hydrogens is 523 g/mol. The van der Waals surface area contributed by atoms with Crippen LogP contribution in [0.25, 0.3) is 0 Å². The first-order chi connectivity index (χ1) is 16.5. The predicted molar refractivity (Wildman–Crippen MR) is 147 cm³/mol. The number of piperazine rings is 1. The van der Waals surface area contributed by atoms with Crippen molar-refractivity contribution in [1.82, 2.24) is 19.8 Å². The molecule has 194 valence electrons. The fourth-order valence-corrected chi connectivity index (χ4v) is 4.39. The van der Waals surface area contributed by atoms with Crippen molar-refractivity contribution in [1.29, 1.82) is 0 Å². The van der Waals surface area contributed by atoms with Crippen LogP contribution in [0.4, 0.5) is 10.9 Å². The highest BCUT2D eigenvalue weighted by atomic mass is 35.5. The van der Waals surface area contributed by atoms with E-state index in [2.05, 4.69) is 14.9 Å². The second-order valence-electron chi connectivity index (χ2n) is 7.99. The number of carbonyl (C=O) groups excluding carboxylic acids is 2. The third-order valence-electron chi connectivity index (χ3n) is 5.85. The second-order valence-corrected chi connectivity index (χ2v) is 8.88. The van der Waals surface area contributed by atoms with Gasteiger partial charge in [0.2, 0.25) is 5.91 Å². The number of thiazole rings is 1. The number of carbonyl (C=O) groups is 2. The number of nitrogens with two attached hydrogens (primary N) is 1. The van der Waals surface area contributed by atoms with E-state index in [1.54, 1.807) is 49.1 Å². The number of hydrogen-bond acceptors (Lipinski definition) is 8. The lowest BCUT2D eigenvalue weighted by molar-refractivity contribution is -0.131. The van der Waals surface area contributed by atoms with Gasteiger partial charge < -0.3 is 15.4 Å². The Morgan fingerprint density at radius 2 is 1.72 bits per heavy atom. The maximum atomic E-state index is 13.3. The summed E-state index contributed by atoms with van der Waals surface area (Å²) >= 11 is 1.24. The Bertz CT molecular complexity index is 1110. The van der Waals surface area contributed by atoms with E-state index in [1.165, 1.54) is 21.8 Å². The van der Waals surface area contributed by atoms with Gasteiger partial charge in [0.15, 0.2) is 5.13 Å². The van der Waals surface area contributed by atoms with Crippen LogP contribution < -0.4 is 15.4 Å². The van der Waals surface area contributed by atoms with Gasteiger partial charge in [0.1, 0.15) is 18.1 Å². The predicted octanol–water partition coefficient (Wildman–Crippen LogP) is 3.01. The molecule has 2 aromatic heterocycles. The number of methoxy groups -OCH3 is 1. The van der Waals surface area contributed by atoms with E-state index < -0.39 is 0 Å². The molecule has 1 fully saturated rings. The zero-order chi connectivity index (χ0) is 23.9. The Morgan fingerprint density at radius 3 is 2.31 bits per heavy atom. The molecule has 12 heteroatoms. The van der Waals surface area contributed by atoms with E-state index in [-0.39, 0.29) is 43.2 Å². The van der Waals surface area contributed by atoms with Crippen LogP contribution in [-0.4, -0.2) is 78.0 Å². The molecule has 1 aliphatic rings. The first kappa shape index (κ1) is 29.3. The summed E-state index contributed by atoms with van der Waals surface area (Å²) in [4.78, 5) is 40.3. The van der Waals surface area contributed by atoms with Gasteiger partial charge in [0.05, 0.1) is 7.11 Å². The molecule has 9 nitrogen and oxygen atoms in total. The van der Waals surface area contributed by atoms with Crippen molar-refractivity contribution in [2.45, 2.75) is 6.42 Å². The number of amides is 2. The minimum absolute atomic E-state index is 0. The Balaban J connectivity index is 0.00000228. The molecule has 3 heterocycles. The summed E-state index contributed by atoms with van der Waals surface area (Å²) in [6.07, 6.45) is 4.56. The van der Waals surface area contributed by atoms with Crippen LogP contribution in [-0.2, 0) is 11.2 Å². The number of aromatic nitrogens is 2. The van der Waals surface area contributed by atoms with Crippen LogP contribution in [0, 0.1) is 0 Å². The summed E-state index contributed by atoms with van der Waals surface area (Å²) in [5.41, 5.74) is 7.50. The zero-order valence-corrected chi connectivity index (χ0v) is 22.4. The molecule has 0 bridgehead atoms. The molecule has 0 aliphatic carbocycles. The maximum absolute atomic E-state index is 13.3. The number of hydrogen-bond donors (Lipinski definition) is 1. The van der Waals surface area contributed by atoms with Crippen LogP contribution in [0.1, 0.15) is 15.9 Å². The van der Waals surface area contributed by atoms with Crippen LogP contribution >= 0.6 is 36.2 Å². The summed E-state index contributed by atoms with van der Waals surface area (Å²) < 4.78 is 5.17. The quantitative estimate of drug-likeness (QED) is 0.457. The smallest absolute Gasteiger partial charge is 0.259 e. The standard InChI is InChI=1S/C24H28N6O3S.2ClH/c1-33-20-4-2-19(3-5-20)23(32)30(21-17-34-24(25)27-21)16-22(31)29-14-12-28(13-15-29)11-8-18-6-9-26-10-7-18;;/h2-7,9-10,17H,8,11-16H2,1H3,(H2,25,27);2*1H. The Labute approximate surface area is 227 Å². The molecule has 2 amide bonds. The van der Waals surface area contributed by atoms with Gasteiger partial charge in [-0.2, -0.15) is 0 Å². The molecule has 1 aliphatic heterocycles. The summed E-state index contributed by atoms with van der Waals surface area (Å²) in [6.45, 7) is 3.69. The van der Waals surface area contributed by atoms with Gasteiger partial charge >= 0.3 is 0 Å². The van der Waals surface area contributed by atoms with E-state index in [1.807, 2.05) is 17.0 Å². The third kappa shape index (κ3) is 7.54. The number of ether oxygens (including phenoxy) is 1. The fourth-order valence-electron chi connectivity index (χ4n) is 3.84. The Hall–Kier alpha value is -2.92. The highest BCUT2D eigenvalue weighted by Crippen LogP contribution is 2.23. The van der Waals surface area contributed by atoms with Crippen molar-refractivity contribution in [3.05, 3.63) is 65.3 Å². The van der Waals surface area contributed by atoms with Gasteiger partial charge in [-0.1, -0.05) is 0 Å². The fraction of sp³-hybridized carbons (Fsp3) is 0.333. The van der Waals surface area contributed by atoms with Crippen molar-refractivity contribution < 1.29 is 14.3 Å². The largest absolute Gasteiger partial charge is 0.497 e. The molecule has 1 aromatic carbocycles. The molecule has 4 rings (SSSR count). The van der Waals surface area contributed by atoms with Crippen molar-refractivity contribution in [3.63, 3.8) is 0 Å². The van der Waals surface area contributed by atoms with Gasteiger partial charge in [-0.25, -0.2) is 4.98 Å². The second kappa shape index (κ2) is 14.0. The van der Waals surface area contributed by atoms with Gasteiger partial charge in [-0.3, -0.25) is 24.4 Å². The topological polar surface area (TPSA) is 105 Å². The number of anilines is 2. The number of benzene rings is 1. The van der Waals surface area contributed by atoms with Gasteiger partial charge in [-0.15, -0.1) is 36.2 Å². The van der Waals surface area contributed by atoms with Crippen LogP contribution in [0.2, 0.25) is 0 Å². The molecule has 0 radical (unpaired) electrons. The number of pyridine rings is 1. The number of nitrogen functional groups attached to an aromatic ring is 1. The summed E-state index contributed by atoms with van der Waals surface area (Å²) in [5, 5.41) is 2.04. The molecule has 0 saturated carbocycles. The maximum Gasteiger partial charge on any atom is 0.259 e. The molecular formula is C24H30Cl2N6O3S. The van der Waals surface area contributed by atoms with Gasteiger partial charge in [-0.05, 0) is 48.4 Å². The molecule has 0 atom stereocenters. The van der Waals surface area contributed by atoms with E-state index in [0.29, 0.717) is 35.4 Å². The molecule has 1 saturated heterocycles. The van der Waals surface area contributed by atoms with Crippen molar-refractivity contribution in [3.8, 4) is 5.75 Å². The monoisotopic (exact) mass is 552 g/mol. The highest BCUT2D eigenvalue weighted by molar-refractivity contribution is 7.13. The van der Waals surface area contributed by atoms with Crippen LogP contribution in [0.3, 0.4) is 0 Å². The molecule has 36 heavy (non-hydrogen) atoms. The number of nitrogens with zero attached hydrogens (tertiary/aromatic N) is 5. The molecule has 0 spiro atoms. The highest BCUT2D eigenvalue weighted by Gasteiger charge is 2.27. The average molecular weight is 554 g/mol. The minimum Gasteiger partial charge on any atom is -0.497 e. The van der Waals surface area contributed by atoms with E-state index >= 15 is 0 Å². The lowest BCUT2D eigenvalue weighted by Crippen LogP contribution is -2.52. The van der Waals surface area contributed by atoms with E-state index in [0.717, 1.165) is 26.1 Å². The first-order valence-electron chi connectivity index (χ1n) is 11.1. The molecule has 0 unspecified atom stereocenters. The molecule has 2 N–H and O–H groups in total. The normalized spacial score (nSPS) is 13.3. The first-order valence-corrected chi connectivity index (χ1v) is 12.0. The van der Waals surface area contributed by atoms with E-state index in [9.17, 15) is 9.59 Å². The Morgan fingerprint density at radius 1 is 1.06 bits per heavy atom. The average Bonchev–Trinajstić information content (AvgIpc) is 3.32. The van der Waals surface area contributed by atoms with E-state index in [4.69, 9.17) is 10.5 Å². The van der Waals surface area contributed by atoms with Crippen molar-refractivity contribution >= 4 is 58.9 Å². The number of rotatable bonds is 8. The van der Waals surface area contributed by atoms with Crippen molar-refractivity contribution in [2.75, 3.05) is 57.0 Å². The van der Waals surface area contributed by atoms with Crippen molar-refractivity contribution in [2.24, 2.45) is 0 Å². The lowest BCUT2D eigenvalue weighted by atomic mass is 10.1. The van der Waals surface area contributed by atoms with Gasteiger partial charge in [0.25, 0.3) is 5.91 Å². The summed E-state index contributed by atoms with van der Waals surface area (Å²) in [7, 11) is 1.57. The number of halogens is 2. The minimum atomic E-state index is -0.308. The van der Waals surface area contributed by atoms with Gasteiger partial charge in [0, 0.05) is 56.1 Å². The SMILES string of the molecule is COc1ccc(C(=O)N(CC(=O)N2CCN(CCc3ccncc3)CC2)c2csc(N)n2)cc1.Cl.Cl. The third-order valence-corrected chi connectivity index (χ3v) is 6.51.